The van der Waals surface area contributed by atoms with Gasteiger partial charge in [-0.15, -0.1) is 0 Å². The molecule has 4 nitrogen and oxygen atoms in total. The predicted octanol–water partition coefficient (Wildman–Crippen LogP) is 2.25. The lowest BCUT2D eigenvalue weighted by Crippen LogP contribution is -2.00. The van der Waals surface area contributed by atoms with Crippen LogP contribution in [0.15, 0.2) is 28.6 Å². The van der Waals surface area contributed by atoms with Crippen molar-refractivity contribution in [3.05, 3.63) is 35.7 Å². The van der Waals surface area contributed by atoms with Crippen LogP contribution in [0.25, 0.3) is 0 Å². The molecule has 0 saturated carbocycles. The van der Waals surface area contributed by atoms with E-state index in [1.165, 1.54) is 23.3 Å². The van der Waals surface area contributed by atoms with Crippen LogP contribution in [0.3, 0.4) is 0 Å². The standard InChI is InChI=1S/C11H13N3OS2/c1-7-13-11(17-14-7)16-6-10(15)8-2-4-9(12)5-3-8/h2-5,10,15H,6,12H2,1H3. The molecular weight excluding hydrogens is 254 g/mol. The van der Waals surface area contributed by atoms with Crippen LogP contribution >= 0.6 is 23.3 Å². The Labute approximate surface area is 108 Å². The highest BCUT2D eigenvalue weighted by Crippen LogP contribution is 2.26. The average molecular weight is 267 g/mol. The van der Waals surface area contributed by atoms with Gasteiger partial charge in [0.15, 0.2) is 4.34 Å². The number of aliphatic hydroxyl groups excluding tert-OH is 1. The maximum absolute atomic E-state index is 9.97. The van der Waals surface area contributed by atoms with Gasteiger partial charge in [0, 0.05) is 11.4 Å². The van der Waals surface area contributed by atoms with Crippen LogP contribution in [0.4, 0.5) is 5.69 Å². The van der Waals surface area contributed by atoms with Crippen molar-refractivity contribution in [3.63, 3.8) is 0 Å². The van der Waals surface area contributed by atoms with Gasteiger partial charge in [-0.05, 0) is 36.2 Å². The summed E-state index contributed by atoms with van der Waals surface area (Å²) in [6.45, 7) is 1.86. The molecule has 6 heteroatoms. The monoisotopic (exact) mass is 267 g/mol. The van der Waals surface area contributed by atoms with Crippen LogP contribution in [-0.2, 0) is 0 Å². The van der Waals surface area contributed by atoms with E-state index < -0.39 is 6.10 Å². The number of aromatic nitrogens is 2. The zero-order valence-electron chi connectivity index (χ0n) is 9.33. The normalized spacial score (nSPS) is 12.6. The molecule has 1 unspecified atom stereocenters. The quantitative estimate of drug-likeness (QED) is 0.656. The van der Waals surface area contributed by atoms with Crippen LogP contribution in [0, 0.1) is 6.92 Å². The number of nitrogens with two attached hydrogens (primary N) is 1. The van der Waals surface area contributed by atoms with Gasteiger partial charge in [-0.25, -0.2) is 4.98 Å². The fourth-order valence-electron chi connectivity index (χ4n) is 1.30. The summed E-state index contributed by atoms with van der Waals surface area (Å²) in [6, 6.07) is 7.26. The summed E-state index contributed by atoms with van der Waals surface area (Å²) in [4.78, 5) is 4.23. The van der Waals surface area contributed by atoms with Crippen molar-refractivity contribution >= 4 is 29.0 Å². The molecular formula is C11H13N3OS2. The molecule has 3 N–H and O–H groups in total. The minimum absolute atomic E-state index is 0.509. The molecule has 17 heavy (non-hydrogen) atoms. The minimum atomic E-state index is -0.509. The first-order chi connectivity index (χ1) is 8.15. The summed E-state index contributed by atoms with van der Waals surface area (Å²) >= 11 is 2.87. The highest BCUT2D eigenvalue weighted by molar-refractivity contribution is 8.00. The third-order valence-electron chi connectivity index (χ3n) is 2.19. The van der Waals surface area contributed by atoms with E-state index in [9.17, 15) is 5.11 Å². The van der Waals surface area contributed by atoms with Gasteiger partial charge in [-0.3, -0.25) is 0 Å². The van der Waals surface area contributed by atoms with Crippen LogP contribution in [0.5, 0.6) is 0 Å². The first-order valence-electron chi connectivity index (χ1n) is 5.12. The summed E-state index contributed by atoms with van der Waals surface area (Å²) in [7, 11) is 0. The molecule has 0 aliphatic carbocycles. The van der Waals surface area contributed by atoms with Crippen LogP contribution in [0.2, 0.25) is 0 Å². The molecule has 1 aromatic carbocycles. The van der Waals surface area contributed by atoms with Crippen LogP contribution < -0.4 is 5.73 Å². The minimum Gasteiger partial charge on any atom is -0.399 e. The Balaban J connectivity index is 1.93. The molecule has 0 aliphatic heterocycles. The Morgan fingerprint density at radius 2 is 2.12 bits per heavy atom. The molecule has 0 aliphatic rings. The fourth-order valence-corrected chi connectivity index (χ4v) is 2.94. The van der Waals surface area contributed by atoms with Gasteiger partial charge in [0.1, 0.15) is 5.82 Å². The second-order valence-electron chi connectivity index (χ2n) is 3.60. The Hall–Kier alpha value is -1.11. The van der Waals surface area contributed by atoms with E-state index in [1.54, 1.807) is 12.1 Å². The van der Waals surface area contributed by atoms with Crippen molar-refractivity contribution in [2.45, 2.75) is 17.4 Å². The molecule has 0 radical (unpaired) electrons. The zero-order chi connectivity index (χ0) is 12.3. The van der Waals surface area contributed by atoms with Crippen molar-refractivity contribution in [2.24, 2.45) is 0 Å². The van der Waals surface area contributed by atoms with Crippen molar-refractivity contribution in [2.75, 3.05) is 11.5 Å². The lowest BCUT2D eigenvalue weighted by Gasteiger charge is -2.09. The highest BCUT2D eigenvalue weighted by atomic mass is 32.2. The fraction of sp³-hybridized carbons (Fsp3) is 0.273. The molecule has 1 atom stereocenters. The molecule has 0 fully saturated rings. The van der Waals surface area contributed by atoms with Crippen molar-refractivity contribution in [3.8, 4) is 0 Å². The number of anilines is 1. The molecule has 0 spiro atoms. The molecule has 90 valence electrons. The Morgan fingerprint density at radius 3 is 2.71 bits per heavy atom. The van der Waals surface area contributed by atoms with E-state index in [1.807, 2.05) is 19.1 Å². The van der Waals surface area contributed by atoms with Crippen molar-refractivity contribution in [1.82, 2.24) is 9.36 Å². The van der Waals surface area contributed by atoms with Gasteiger partial charge in [-0.1, -0.05) is 23.9 Å². The maximum Gasteiger partial charge on any atom is 0.170 e. The molecule has 1 aromatic heterocycles. The second kappa shape index (κ2) is 5.48. The Morgan fingerprint density at radius 1 is 1.41 bits per heavy atom. The van der Waals surface area contributed by atoms with Crippen molar-refractivity contribution < 1.29 is 5.11 Å². The average Bonchev–Trinajstić information content (AvgIpc) is 2.73. The summed E-state index contributed by atoms with van der Waals surface area (Å²) in [5, 5.41) is 9.97. The number of nitrogens with zero attached hydrogens (tertiary/aromatic N) is 2. The lowest BCUT2D eigenvalue weighted by molar-refractivity contribution is 0.204. The zero-order valence-corrected chi connectivity index (χ0v) is 11.0. The SMILES string of the molecule is Cc1nsc(SCC(O)c2ccc(N)cc2)n1. The highest BCUT2D eigenvalue weighted by Gasteiger charge is 2.09. The van der Waals surface area contributed by atoms with Gasteiger partial charge in [0.2, 0.25) is 0 Å². The van der Waals surface area contributed by atoms with Crippen molar-refractivity contribution in [1.29, 1.82) is 0 Å². The van der Waals surface area contributed by atoms with E-state index >= 15 is 0 Å². The number of hydrogen-bond acceptors (Lipinski definition) is 6. The summed E-state index contributed by atoms with van der Waals surface area (Å²) < 4.78 is 4.98. The van der Waals surface area contributed by atoms with E-state index in [4.69, 9.17) is 5.73 Å². The Kier molecular flexibility index (Phi) is 3.98. The number of nitrogen functional groups attached to an aromatic ring is 1. The lowest BCUT2D eigenvalue weighted by atomic mass is 10.1. The van der Waals surface area contributed by atoms with Gasteiger partial charge in [-0.2, -0.15) is 4.37 Å². The smallest absolute Gasteiger partial charge is 0.170 e. The summed E-state index contributed by atoms with van der Waals surface area (Å²) in [5.74, 6) is 1.35. The third kappa shape index (κ3) is 3.42. The molecule has 2 aromatic rings. The molecule has 2 rings (SSSR count). The van der Waals surface area contributed by atoms with Crippen LogP contribution in [-0.4, -0.2) is 20.2 Å². The molecule has 0 bridgehead atoms. The van der Waals surface area contributed by atoms with E-state index in [0.717, 1.165) is 15.7 Å². The first kappa shape index (κ1) is 12.3. The molecule has 0 saturated heterocycles. The van der Waals surface area contributed by atoms with E-state index in [0.29, 0.717) is 11.4 Å². The number of aryl methyl sites for hydroxylation is 1. The number of aliphatic hydroxyl groups is 1. The third-order valence-corrected chi connectivity index (χ3v) is 4.20. The Bertz CT molecular complexity index is 484. The van der Waals surface area contributed by atoms with E-state index in [-0.39, 0.29) is 0 Å². The summed E-state index contributed by atoms with van der Waals surface area (Å²) in [5.41, 5.74) is 7.16. The van der Waals surface area contributed by atoms with Gasteiger partial charge in [0.25, 0.3) is 0 Å². The number of rotatable bonds is 4. The molecule has 1 heterocycles. The van der Waals surface area contributed by atoms with E-state index in [2.05, 4.69) is 9.36 Å². The van der Waals surface area contributed by atoms with Gasteiger partial charge in [0.05, 0.1) is 6.10 Å². The topological polar surface area (TPSA) is 72.0 Å². The second-order valence-corrected chi connectivity index (χ2v) is 5.62. The predicted molar refractivity (Wildman–Crippen MR) is 71.2 cm³/mol. The first-order valence-corrected chi connectivity index (χ1v) is 6.87. The van der Waals surface area contributed by atoms with Gasteiger partial charge >= 0.3 is 0 Å². The largest absolute Gasteiger partial charge is 0.399 e. The number of thioether (sulfide) groups is 1. The number of benzene rings is 1. The van der Waals surface area contributed by atoms with Gasteiger partial charge < -0.3 is 10.8 Å². The number of hydrogen-bond donors (Lipinski definition) is 2. The van der Waals surface area contributed by atoms with Crippen LogP contribution in [0.1, 0.15) is 17.5 Å². The summed E-state index contributed by atoms with van der Waals surface area (Å²) in [6.07, 6.45) is -0.509. The maximum atomic E-state index is 9.97. The molecule has 0 amide bonds.